The van der Waals surface area contributed by atoms with Crippen LogP contribution in [0.2, 0.25) is 0 Å². The van der Waals surface area contributed by atoms with Crippen molar-refractivity contribution in [2.75, 3.05) is 6.54 Å². The van der Waals surface area contributed by atoms with Gasteiger partial charge in [-0.15, -0.1) is 11.3 Å². The van der Waals surface area contributed by atoms with E-state index >= 15 is 0 Å². The van der Waals surface area contributed by atoms with Gasteiger partial charge in [-0.05, 0) is 55.1 Å². The van der Waals surface area contributed by atoms with E-state index in [9.17, 15) is 5.11 Å². The highest BCUT2D eigenvalue weighted by atomic mass is 32.1. The van der Waals surface area contributed by atoms with E-state index in [0.717, 1.165) is 37.7 Å². The molecule has 2 aromatic heterocycles. The Morgan fingerprint density at radius 3 is 2.58 bits per heavy atom. The molecule has 1 atom stereocenters. The van der Waals surface area contributed by atoms with Gasteiger partial charge in [-0.25, -0.2) is 0 Å². The van der Waals surface area contributed by atoms with E-state index < -0.39 is 0 Å². The number of phenolic OH excluding ortho intramolecular Hbond substituents is 1. The van der Waals surface area contributed by atoms with Gasteiger partial charge in [0, 0.05) is 27.4 Å². The van der Waals surface area contributed by atoms with Crippen LogP contribution in [0.25, 0.3) is 32.1 Å². The number of aromatic hydroxyl groups is 1. The lowest BCUT2D eigenvalue weighted by Crippen LogP contribution is -2.08. The number of fused-ring (bicyclic) bond motifs is 3. The minimum Gasteiger partial charge on any atom is -0.507 e. The SMILES string of the molecule is Cc1cc2c(cnc3c(C)cc(O)c(-c4ccc([C@@H](C)CN)cc4)c32)s1. The van der Waals surface area contributed by atoms with Crippen molar-refractivity contribution < 1.29 is 5.11 Å². The predicted molar refractivity (Wildman–Crippen MR) is 111 cm³/mol. The second-order valence-corrected chi connectivity index (χ2v) is 8.25. The highest BCUT2D eigenvalue weighted by Crippen LogP contribution is 2.42. The van der Waals surface area contributed by atoms with E-state index in [-0.39, 0.29) is 0 Å². The normalized spacial score (nSPS) is 12.8. The molecule has 0 radical (unpaired) electrons. The van der Waals surface area contributed by atoms with Gasteiger partial charge < -0.3 is 10.8 Å². The minimum absolute atomic E-state index is 0.299. The van der Waals surface area contributed by atoms with Crippen LogP contribution >= 0.6 is 11.3 Å². The molecule has 132 valence electrons. The number of nitrogens with two attached hydrogens (primary N) is 1. The summed E-state index contributed by atoms with van der Waals surface area (Å²) < 4.78 is 1.15. The molecule has 2 heterocycles. The third-order valence-electron chi connectivity index (χ3n) is 5.06. The molecule has 0 saturated carbocycles. The minimum atomic E-state index is 0.299. The summed E-state index contributed by atoms with van der Waals surface area (Å²) in [5.41, 5.74) is 10.8. The lowest BCUT2D eigenvalue weighted by Gasteiger charge is -2.14. The second-order valence-electron chi connectivity index (χ2n) is 6.96. The van der Waals surface area contributed by atoms with Crippen LogP contribution < -0.4 is 5.73 Å². The Morgan fingerprint density at radius 1 is 1.15 bits per heavy atom. The van der Waals surface area contributed by atoms with Crippen LogP contribution in [0.1, 0.15) is 28.8 Å². The van der Waals surface area contributed by atoms with Gasteiger partial charge in [0.15, 0.2) is 0 Å². The van der Waals surface area contributed by atoms with Gasteiger partial charge in [-0.3, -0.25) is 4.98 Å². The van der Waals surface area contributed by atoms with Crippen molar-refractivity contribution in [3.05, 3.63) is 58.6 Å². The zero-order valence-electron chi connectivity index (χ0n) is 15.2. The molecule has 0 aliphatic carbocycles. The summed E-state index contributed by atoms with van der Waals surface area (Å²) in [6.45, 7) is 6.84. The monoisotopic (exact) mass is 362 g/mol. The van der Waals surface area contributed by atoms with E-state index in [4.69, 9.17) is 10.7 Å². The summed E-state index contributed by atoms with van der Waals surface area (Å²) in [5, 5.41) is 13.0. The second kappa shape index (κ2) is 6.38. The maximum absolute atomic E-state index is 10.8. The van der Waals surface area contributed by atoms with Crippen LogP contribution in [-0.2, 0) is 0 Å². The number of rotatable bonds is 3. The largest absolute Gasteiger partial charge is 0.507 e. The molecule has 0 fully saturated rings. The van der Waals surface area contributed by atoms with Gasteiger partial charge in [0.25, 0.3) is 0 Å². The summed E-state index contributed by atoms with van der Waals surface area (Å²) in [4.78, 5) is 5.94. The van der Waals surface area contributed by atoms with Crippen molar-refractivity contribution in [1.82, 2.24) is 4.98 Å². The van der Waals surface area contributed by atoms with Gasteiger partial charge in [0.1, 0.15) is 5.75 Å². The first-order valence-corrected chi connectivity index (χ1v) is 9.63. The van der Waals surface area contributed by atoms with Crippen LogP contribution in [0.3, 0.4) is 0 Å². The molecule has 0 amide bonds. The molecule has 26 heavy (non-hydrogen) atoms. The summed E-state index contributed by atoms with van der Waals surface area (Å²) in [6, 6.07) is 12.4. The van der Waals surface area contributed by atoms with Crippen molar-refractivity contribution >= 4 is 32.3 Å². The number of hydrogen-bond donors (Lipinski definition) is 2. The Balaban J connectivity index is 2.04. The first kappa shape index (κ1) is 17.0. The molecule has 0 aliphatic heterocycles. The van der Waals surface area contributed by atoms with Gasteiger partial charge in [-0.2, -0.15) is 0 Å². The molecular formula is C22H22N2OS. The topological polar surface area (TPSA) is 59.1 Å². The number of aromatic nitrogens is 1. The average Bonchev–Trinajstić information content (AvgIpc) is 3.02. The van der Waals surface area contributed by atoms with Crippen molar-refractivity contribution in [3.8, 4) is 16.9 Å². The fraction of sp³-hybridized carbons (Fsp3) is 0.227. The van der Waals surface area contributed by atoms with E-state index in [1.165, 1.54) is 10.4 Å². The summed E-state index contributed by atoms with van der Waals surface area (Å²) in [5.74, 6) is 0.619. The molecule has 4 aromatic rings. The Morgan fingerprint density at radius 2 is 1.88 bits per heavy atom. The van der Waals surface area contributed by atoms with Crippen molar-refractivity contribution in [2.24, 2.45) is 5.73 Å². The number of thiophene rings is 1. The van der Waals surface area contributed by atoms with E-state index in [1.54, 1.807) is 11.3 Å². The van der Waals surface area contributed by atoms with Crippen LogP contribution in [0.4, 0.5) is 0 Å². The third kappa shape index (κ3) is 2.66. The first-order chi connectivity index (χ1) is 12.5. The Kier molecular flexibility index (Phi) is 4.17. The molecular weight excluding hydrogens is 340 g/mol. The third-order valence-corrected chi connectivity index (χ3v) is 6.04. The molecule has 4 heteroatoms. The van der Waals surface area contributed by atoms with Crippen LogP contribution in [0.15, 0.2) is 42.6 Å². The Labute approximate surface area is 157 Å². The number of benzene rings is 2. The molecule has 0 unspecified atom stereocenters. The van der Waals surface area contributed by atoms with E-state index in [0.29, 0.717) is 18.2 Å². The molecule has 0 spiro atoms. The quantitative estimate of drug-likeness (QED) is 0.506. The molecule has 0 bridgehead atoms. The van der Waals surface area contributed by atoms with Gasteiger partial charge in [0.05, 0.1) is 10.2 Å². The van der Waals surface area contributed by atoms with Crippen molar-refractivity contribution in [3.63, 3.8) is 0 Å². The van der Waals surface area contributed by atoms with E-state index in [2.05, 4.69) is 44.2 Å². The molecule has 0 aliphatic rings. The molecule has 0 saturated heterocycles. The summed E-state index contributed by atoms with van der Waals surface area (Å²) in [6.07, 6.45) is 1.94. The first-order valence-electron chi connectivity index (χ1n) is 8.81. The standard InChI is InChI=1S/C22H22N2OS/c1-12-8-18(25)20(16-6-4-15(5-7-16)13(2)10-23)21-17-9-14(3)26-19(17)11-24-22(12)21/h4-9,11,13,25H,10,23H2,1-3H3/t13-/m0/s1. The van der Waals surface area contributed by atoms with Gasteiger partial charge in [-0.1, -0.05) is 31.2 Å². The molecule has 3 N–H and O–H groups in total. The Hall–Kier alpha value is -2.43. The highest BCUT2D eigenvalue weighted by molar-refractivity contribution is 7.19. The molecule has 4 rings (SSSR count). The van der Waals surface area contributed by atoms with Crippen LogP contribution in [0, 0.1) is 13.8 Å². The van der Waals surface area contributed by atoms with E-state index in [1.807, 2.05) is 19.2 Å². The molecule has 3 nitrogen and oxygen atoms in total. The van der Waals surface area contributed by atoms with Crippen LogP contribution in [-0.4, -0.2) is 16.6 Å². The lowest BCUT2D eigenvalue weighted by molar-refractivity contribution is 0.477. The maximum Gasteiger partial charge on any atom is 0.124 e. The zero-order chi connectivity index (χ0) is 18.4. The maximum atomic E-state index is 10.8. The predicted octanol–water partition coefficient (Wildman–Crippen LogP) is 5.50. The van der Waals surface area contributed by atoms with Crippen molar-refractivity contribution in [2.45, 2.75) is 26.7 Å². The van der Waals surface area contributed by atoms with Crippen molar-refractivity contribution in [1.29, 1.82) is 0 Å². The van der Waals surface area contributed by atoms with Gasteiger partial charge in [0.2, 0.25) is 0 Å². The Bertz CT molecular complexity index is 1110. The average molecular weight is 362 g/mol. The number of phenols is 1. The number of pyridine rings is 1. The fourth-order valence-corrected chi connectivity index (χ4v) is 4.47. The highest BCUT2D eigenvalue weighted by Gasteiger charge is 2.17. The fourth-order valence-electron chi connectivity index (χ4n) is 3.57. The lowest BCUT2D eigenvalue weighted by atomic mass is 9.93. The smallest absolute Gasteiger partial charge is 0.124 e. The zero-order valence-corrected chi connectivity index (χ0v) is 16.0. The van der Waals surface area contributed by atoms with Crippen LogP contribution in [0.5, 0.6) is 5.75 Å². The number of nitrogens with zero attached hydrogens (tertiary/aromatic N) is 1. The summed E-state index contributed by atoms with van der Waals surface area (Å²) in [7, 11) is 0. The molecule has 2 aromatic carbocycles. The number of hydrogen-bond acceptors (Lipinski definition) is 4. The summed E-state index contributed by atoms with van der Waals surface area (Å²) >= 11 is 1.73. The van der Waals surface area contributed by atoms with Gasteiger partial charge >= 0.3 is 0 Å². The number of aryl methyl sites for hydroxylation is 2.